The molecule has 0 saturated carbocycles. The maximum Gasteiger partial charge on any atom is 0.251 e. The summed E-state index contributed by atoms with van der Waals surface area (Å²) in [6.07, 6.45) is 4.36. The van der Waals surface area contributed by atoms with E-state index in [1.54, 1.807) is 36.3 Å². The Kier molecular flexibility index (Phi) is 6.71. The van der Waals surface area contributed by atoms with Gasteiger partial charge in [-0.2, -0.15) is 5.10 Å². The quantitative estimate of drug-likeness (QED) is 0.671. The summed E-state index contributed by atoms with van der Waals surface area (Å²) in [5, 5.41) is 12.8. The van der Waals surface area contributed by atoms with E-state index < -0.39 is 6.04 Å². The van der Waals surface area contributed by atoms with Crippen molar-refractivity contribution >= 4 is 11.8 Å². The summed E-state index contributed by atoms with van der Waals surface area (Å²) in [7, 11) is 3.54. The zero-order chi connectivity index (χ0) is 18.2. The van der Waals surface area contributed by atoms with Gasteiger partial charge in [0.2, 0.25) is 5.91 Å². The lowest BCUT2D eigenvalue weighted by Gasteiger charge is -2.15. The van der Waals surface area contributed by atoms with Gasteiger partial charge >= 0.3 is 0 Å². The topological polar surface area (TPSA) is 88.1 Å². The average Bonchev–Trinajstić information content (AvgIpc) is 3.04. The van der Waals surface area contributed by atoms with Crippen LogP contribution in [0.2, 0.25) is 0 Å². The zero-order valence-corrected chi connectivity index (χ0v) is 14.9. The SMILES string of the molecule is CCCNC(=O)c1cccc(CNC(=O)C(NC)c2cnn(C)c2)c1. The first-order valence-corrected chi connectivity index (χ1v) is 8.35. The van der Waals surface area contributed by atoms with Crippen molar-refractivity contribution in [2.75, 3.05) is 13.6 Å². The minimum atomic E-state index is -0.468. The summed E-state index contributed by atoms with van der Waals surface area (Å²) >= 11 is 0. The van der Waals surface area contributed by atoms with Crippen molar-refractivity contribution in [3.8, 4) is 0 Å². The molecule has 0 aliphatic carbocycles. The number of aryl methyl sites for hydroxylation is 1. The predicted molar refractivity (Wildman–Crippen MR) is 95.9 cm³/mol. The van der Waals surface area contributed by atoms with E-state index in [1.807, 2.05) is 26.1 Å². The third kappa shape index (κ3) is 5.15. The first kappa shape index (κ1) is 18.7. The number of nitrogens with one attached hydrogen (secondary N) is 3. The summed E-state index contributed by atoms with van der Waals surface area (Å²) in [5.74, 6) is -0.241. The molecule has 1 atom stereocenters. The van der Waals surface area contributed by atoms with E-state index in [9.17, 15) is 9.59 Å². The Morgan fingerprint density at radius 1 is 1.28 bits per heavy atom. The highest BCUT2D eigenvalue weighted by molar-refractivity contribution is 5.94. The fourth-order valence-corrected chi connectivity index (χ4v) is 2.49. The van der Waals surface area contributed by atoms with Crippen molar-refractivity contribution in [3.05, 3.63) is 53.3 Å². The summed E-state index contributed by atoms with van der Waals surface area (Å²) < 4.78 is 1.66. The molecule has 1 aromatic carbocycles. The Balaban J connectivity index is 1.98. The molecule has 7 nitrogen and oxygen atoms in total. The monoisotopic (exact) mass is 343 g/mol. The van der Waals surface area contributed by atoms with Gasteiger partial charge in [0.1, 0.15) is 6.04 Å². The first-order valence-electron chi connectivity index (χ1n) is 8.35. The molecular formula is C18H25N5O2. The number of hydrogen-bond acceptors (Lipinski definition) is 4. The molecule has 1 aromatic heterocycles. The molecule has 0 bridgehead atoms. The number of hydrogen-bond donors (Lipinski definition) is 3. The summed E-state index contributed by atoms with van der Waals surface area (Å²) in [6, 6.07) is 6.80. The lowest BCUT2D eigenvalue weighted by atomic mass is 10.1. The fourth-order valence-electron chi connectivity index (χ4n) is 2.49. The van der Waals surface area contributed by atoms with Gasteiger partial charge < -0.3 is 16.0 Å². The van der Waals surface area contributed by atoms with Gasteiger partial charge in [-0.05, 0) is 31.2 Å². The summed E-state index contributed by atoms with van der Waals surface area (Å²) in [4.78, 5) is 24.4. The molecule has 25 heavy (non-hydrogen) atoms. The molecule has 0 radical (unpaired) electrons. The smallest absolute Gasteiger partial charge is 0.251 e. The Bertz CT molecular complexity index is 726. The third-order valence-corrected chi connectivity index (χ3v) is 3.80. The second-order valence-electron chi connectivity index (χ2n) is 5.84. The zero-order valence-electron chi connectivity index (χ0n) is 14.9. The van der Waals surface area contributed by atoms with Crippen molar-refractivity contribution in [2.24, 2.45) is 7.05 Å². The van der Waals surface area contributed by atoms with Gasteiger partial charge in [0.25, 0.3) is 5.91 Å². The highest BCUT2D eigenvalue weighted by Gasteiger charge is 2.19. The second kappa shape index (κ2) is 8.98. The van der Waals surface area contributed by atoms with Gasteiger partial charge in [0.05, 0.1) is 6.20 Å². The molecule has 2 rings (SSSR count). The number of aromatic nitrogens is 2. The molecule has 3 N–H and O–H groups in total. The molecule has 0 saturated heterocycles. The van der Waals surface area contributed by atoms with E-state index in [0.717, 1.165) is 17.5 Å². The van der Waals surface area contributed by atoms with Crippen LogP contribution in [0.3, 0.4) is 0 Å². The standard InChI is InChI=1S/C18H25N5O2/c1-4-8-20-17(24)14-7-5-6-13(9-14)10-21-18(25)16(19-2)15-11-22-23(3)12-15/h5-7,9,11-12,16,19H,4,8,10H2,1-3H3,(H,20,24)(H,21,25). The molecule has 0 aliphatic heterocycles. The number of carbonyl (C=O) groups is 2. The van der Waals surface area contributed by atoms with Crippen molar-refractivity contribution in [2.45, 2.75) is 25.9 Å². The van der Waals surface area contributed by atoms with Gasteiger partial charge in [-0.1, -0.05) is 19.1 Å². The van der Waals surface area contributed by atoms with Crippen LogP contribution in [0.5, 0.6) is 0 Å². The molecule has 1 heterocycles. The second-order valence-corrected chi connectivity index (χ2v) is 5.84. The minimum Gasteiger partial charge on any atom is -0.352 e. The highest BCUT2D eigenvalue weighted by Crippen LogP contribution is 2.12. The third-order valence-electron chi connectivity index (χ3n) is 3.80. The van der Waals surface area contributed by atoms with E-state index in [-0.39, 0.29) is 11.8 Å². The number of nitrogens with zero attached hydrogens (tertiary/aromatic N) is 2. The Labute approximate surface area is 147 Å². The number of amides is 2. The van der Waals surface area contributed by atoms with E-state index in [0.29, 0.717) is 18.7 Å². The van der Waals surface area contributed by atoms with Crippen LogP contribution in [0.25, 0.3) is 0 Å². The molecule has 134 valence electrons. The van der Waals surface area contributed by atoms with Crippen LogP contribution in [-0.4, -0.2) is 35.2 Å². The average molecular weight is 343 g/mol. The molecule has 0 aliphatic rings. The van der Waals surface area contributed by atoms with E-state index in [1.165, 1.54) is 0 Å². The highest BCUT2D eigenvalue weighted by atomic mass is 16.2. The lowest BCUT2D eigenvalue weighted by Crippen LogP contribution is -2.35. The number of rotatable bonds is 8. The van der Waals surface area contributed by atoms with Gasteiger partial charge in [-0.25, -0.2) is 0 Å². The molecule has 0 fully saturated rings. The lowest BCUT2D eigenvalue weighted by molar-refractivity contribution is -0.123. The number of carbonyl (C=O) groups excluding carboxylic acids is 2. The first-order chi connectivity index (χ1) is 12.0. The van der Waals surface area contributed by atoms with Gasteiger partial charge in [-0.15, -0.1) is 0 Å². The van der Waals surface area contributed by atoms with Crippen LogP contribution < -0.4 is 16.0 Å². The number of likely N-dealkylation sites (N-methyl/N-ethyl adjacent to an activating group) is 1. The van der Waals surface area contributed by atoms with Crippen molar-refractivity contribution in [3.63, 3.8) is 0 Å². The maximum atomic E-state index is 12.4. The van der Waals surface area contributed by atoms with Crippen molar-refractivity contribution < 1.29 is 9.59 Å². The largest absolute Gasteiger partial charge is 0.352 e. The molecule has 1 unspecified atom stereocenters. The number of benzene rings is 1. The molecule has 7 heteroatoms. The van der Waals surface area contributed by atoms with Crippen molar-refractivity contribution in [1.29, 1.82) is 0 Å². The molecule has 0 spiro atoms. The van der Waals surface area contributed by atoms with Gasteiger partial charge in [0, 0.05) is 37.5 Å². The Morgan fingerprint density at radius 2 is 2.08 bits per heavy atom. The van der Waals surface area contributed by atoms with E-state index >= 15 is 0 Å². The van der Waals surface area contributed by atoms with Crippen LogP contribution in [-0.2, 0) is 18.4 Å². The summed E-state index contributed by atoms with van der Waals surface area (Å²) in [5.41, 5.74) is 2.27. The Morgan fingerprint density at radius 3 is 2.72 bits per heavy atom. The van der Waals surface area contributed by atoms with Crippen LogP contribution >= 0.6 is 0 Å². The maximum absolute atomic E-state index is 12.4. The van der Waals surface area contributed by atoms with Crippen molar-refractivity contribution in [1.82, 2.24) is 25.7 Å². The molecule has 2 amide bonds. The predicted octanol–water partition coefficient (Wildman–Crippen LogP) is 1.14. The fraction of sp³-hybridized carbons (Fsp3) is 0.389. The van der Waals surface area contributed by atoms with Crippen LogP contribution in [0.4, 0.5) is 0 Å². The van der Waals surface area contributed by atoms with Crippen LogP contribution in [0, 0.1) is 0 Å². The normalized spacial score (nSPS) is 11.8. The van der Waals surface area contributed by atoms with E-state index in [4.69, 9.17) is 0 Å². The molecular weight excluding hydrogens is 318 g/mol. The van der Waals surface area contributed by atoms with Gasteiger partial charge in [0.15, 0.2) is 0 Å². The van der Waals surface area contributed by atoms with Crippen LogP contribution in [0.15, 0.2) is 36.7 Å². The van der Waals surface area contributed by atoms with Crippen LogP contribution in [0.1, 0.15) is 40.9 Å². The van der Waals surface area contributed by atoms with Gasteiger partial charge in [-0.3, -0.25) is 14.3 Å². The summed E-state index contributed by atoms with van der Waals surface area (Å²) in [6.45, 7) is 3.01. The van der Waals surface area contributed by atoms with E-state index in [2.05, 4.69) is 21.0 Å². The minimum absolute atomic E-state index is 0.0986. The Hall–Kier alpha value is -2.67. The molecule has 2 aromatic rings.